The standard InChI is InChI=1S/C28H28O2/c29-24-14-15-25-23(17-24)12-11-22-13-16-26(30)28(27(22)25,18-20-7-3-1-4-8-20)19-21-9-5-2-6-10-21/h1-10,14-15,17,22,27,29H,11-13,16,18-19H2. The van der Waals surface area contributed by atoms with Crippen molar-refractivity contribution in [1.82, 2.24) is 0 Å². The molecule has 152 valence electrons. The van der Waals surface area contributed by atoms with E-state index in [1.54, 1.807) is 6.07 Å². The molecule has 0 radical (unpaired) electrons. The number of aryl methyl sites for hydroxylation is 1. The molecule has 0 heterocycles. The van der Waals surface area contributed by atoms with Crippen LogP contribution >= 0.6 is 0 Å². The largest absolute Gasteiger partial charge is 0.508 e. The fraction of sp³-hybridized carbons (Fsp3) is 0.321. The van der Waals surface area contributed by atoms with E-state index in [0.717, 1.165) is 32.1 Å². The van der Waals surface area contributed by atoms with Crippen molar-refractivity contribution < 1.29 is 9.90 Å². The minimum absolute atomic E-state index is 0.198. The van der Waals surface area contributed by atoms with E-state index in [9.17, 15) is 9.90 Å². The third kappa shape index (κ3) is 3.35. The first-order valence-electron chi connectivity index (χ1n) is 11.1. The Balaban J connectivity index is 1.67. The predicted molar refractivity (Wildman–Crippen MR) is 120 cm³/mol. The molecule has 0 spiro atoms. The second-order valence-corrected chi connectivity index (χ2v) is 9.10. The highest BCUT2D eigenvalue weighted by Gasteiger charge is 2.53. The van der Waals surface area contributed by atoms with Gasteiger partial charge in [-0.1, -0.05) is 66.7 Å². The number of phenolic OH excluding ortho intramolecular Hbond substituents is 1. The van der Waals surface area contributed by atoms with E-state index in [-0.39, 0.29) is 5.92 Å². The van der Waals surface area contributed by atoms with Crippen molar-refractivity contribution in [2.24, 2.45) is 11.3 Å². The molecule has 0 bridgehead atoms. The van der Waals surface area contributed by atoms with Gasteiger partial charge in [0.1, 0.15) is 11.5 Å². The molecule has 3 aromatic carbocycles. The Morgan fingerprint density at radius 1 is 0.800 bits per heavy atom. The summed E-state index contributed by atoms with van der Waals surface area (Å²) in [5.41, 5.74) is 4.51. The van der Waals surface area contributed by atoms with Gasteiger partial charge in [0, 0.05) is 17.8 Å². The Kier molecular flexibility index (Phi) is 4.94. The van der Waals surface area contributed by atoms with Gasteiger partial charge in [0.25, 0.3) is 0 Å². The summed E-state index contributed by atoms with van der Waals surface area (Å²) in [6, 6.07) is 26.8. The molecule has 3 aromatic rings. The molecule has 2 nitrogen and oxygen atoms in total. The van der Waals surface area contributed by atoms with Crippen molar-refractivity contribution in [3.8, 4) is 5.75 Å². The summed E-state index contributed by atoms with van der Waals surface area (Å²) in [6.45, 7) is 0. The number of fused-ring (bicyclic) bond motifs is 3. The zero-order chi connectivity index (χ0) is 20.6. The van der Waals surface area contributed by atoms with Gasteiger partial charge in [-0.05, 0) is 72.4 Å². The Bertz CT molecular complexity index is 997. The maximum atomic E-state index is 13.8. The molecule has 0 aliphatic heterocycles. The van der Waals surface area contributed by atoms with Crippen LogP contribution in [0, 0.1) is 11.3 Å². The normalized spacial score (nSPS) is 22.2. The number of hydrogen-bond acceptors (Lipinski definition) is 2. The maximum absolute atomic E-state index is 13.8. The summed E-state index contributed by atoms with van der Waals surface area (Å²) in [5, 5.41) is 10.1. The van der Waals surface area contributed by atoms with Crippen LogP contribution in [0.15, 0.2) is 78.9 Å². The minimum atomic E-state index is -0.447. The molecule has 2 aliphatic carbocycles. The van der Waals surface area contributed by atoms with Gasteiger partial charge in [-0.25, -0.2) is 0 Å². The fourth-order valence-electron chi connectivity index (χ4n) is 6.07. The molecule has 0 amide bonds. The molecule has 0 saturated heterocycles. The molecule has 1 saturated carbocycles. The summed E-state index contributed by atoms with van der Waals surface area (Å²) in [4.78, 5) is 13.8. The van der Waals surface area contributed by atoms with E-state index in [2.05, 4.69) is 54.6 Å². The molecule has 5 rings (SSSR count). The number of ketones is 1. The van der Waals surface area contributed by atoms with Gasteiger partial charge in [0.05, 0.1) is 0 Å². The van der Waals surface area contributed by atoms with Crippen molar-refractivity contribution in [3.05, 3.63) is 101 Å². The number of aromatic hydroxyl groups is 1. The molecule has 2 aliphatic rings. The average Bonchev–Trinajstić information content (AvgIpc) is 2.77. The van der Waals surface area contributed by atoms with Gasteiger partial charge < -0.3 is 5.11 Å². The van der Waals surface area contributed by atoms with Gasteiger partial charge in [-0.15, -0.1) is 0 Å². The maximum Gasteiger partial charge on any atom is 0.140 e. The van der Waals surface area contributed by atoms with Crippen molar-refractivity contribution in [1.29, 1.82) is 0 Å². The van der Waals surface area contributed by atoms with Crippen molar-refractivity contribution in [2.45, 2.75) is 44.4 Å². The number of rotatable bonds is 4. The molecule has 2 heteroatoms. The summed E-state index contributed by atoms with van der Waals surface area (Å²) >= 11 is 0. The average molecular weight is 397 g/mol. The first-order chi connectivity index (χ1) is 14.7. The molecule has 0 aromatic heterocycles. The van der Waals surface area contributed by atoms with Gasteiger partial charge >= 0.3 is 0 Å². The lowest BCUT2D eigenvalue weighted by molar-refractivity contribution is -0.135. The molecule has 1 N–H and O–H groups in total. The summed E-state index contributed by atoms with van der Waals surface area (Å²) in [7, 11) is 0. The fourth-order valence-corrected chi connectivity index (χ4v) is 6.07. The van der Waals surface area contributed by atoms with E-state index in [4.69, 9.17) is 0 Å². The monoisotopic (exact) mass is 396 g/mol. The van der Waals surface area contributed by atoms with Crippen LogP contribution in [0.4, 0.5) is 0 Å². The number of hydrogen-bond donors (Lipinski definition) is 1. The van der Waals surface area contributed by atoms with E-state index in [0.29, 0.717) is 23.9 Å². The highest BCUT2D eigenvalue weighted by atomic mass is 16.3. The van der Waals surface area contributed by atoms with E-state index in [1.807, 2.05) is 18.2 Å². The quantitative estimate of drug-likeness (QED) is 0.598. The van der Waals surface area contributed by atoms with Gasteiger partial charge in [0.15, 0.2) is 0 Å². The van der Waals surface area contributed by atoms with Crippen LogP contribution in [0.1, 0.15) is 47.4 Å². The molecular weight excluding hydrogens is 368 g/mol. The number of benzene rings is 3. The van der Waals surface area contributed by atoms with Crippen molar-refractivity contribution in [2.75, 3.05) is 0 Å². The molecule has 2 atom stereocenters. The Morgan fingerprint density at radius 2 is 1.40 bits per heavy atom. The van der Waals surface area contributed by atoms with Crippen molar-refractivity contribution >= 4 is 5.78 Å². The number of Topliss-reactive ketones (excluding diaryl/α,β-unsaturated/α-hetero) is 1. The Morgan fingerprint density at radius 3 is 2.03 bits per heavy atom. The van der Waals surface area contributed by atoms with Crippen LogP contribution in [0.2, 0.25) is 0 Å². The van der Waals surface area contributed by atoms with E-state index < -0.39 is 5.41 Å². The SMILES string of the molecule is O=C1CCC2CCc3cc(O)ccc3C2C1(Cc1ccccc1)Cc1ccccc1. The van der Waals surface area contributed by atoms with Crippen LogP contribution in [0.5, 0.6) is 5.75 Å². The zero-order valence-corrected chi connectivity index (χ0v) is 17.3. The first kappa shape index (κ1) is 19.1. The lowest BCUT2D eigenvalue weighted by atomic mass is 9.52. The Labute approximate surface area is 178 Å². The van der Waals surface area contributed by atoms with Crippen LogP contribution in [0.25, 0.3) is 0 Å². The summed E-state index contributed by atoms with van der Waals surface area (Å²) < 4.78 is 0. The second-order valence-electron chi connectivity index (χ2n) is 9.10. The minimum Gasteiger partial charge on any atom is -0.508 e. The van der Waals surface area contributed by atoms with Crippen molar-refractivity contribution in [3.63, 3.8) is 0 Å². The van der Waals surface area contributed by atoms with Crippen LogP contribution in [-0.2, 0) is 24.1 Å². The number of carbonyl (C=O) groups excluding carboxylic acids is 1. The van der Waals surface area contributed by atoms with Gasteiger partial charge in [0.2, 0.25) is 0 Å². The zero-order valence-electron chi connectivity index (χ0n) is 17.3. The summed E-state index contributed by atoms with van der Waals surface area (Å²) in [6.07, 6.45) is 5.28. The summed E-state index contributed by atoms with van der Waals surface area (Å²) in [5.74, 6) is 1.44. The molecule has 1 fully saturated rings. The van der Waals surface area contributed by atoms with Crippen LogP contribution in [0.3, 0.4) is 0 Å². The topological polar surface area (TPSA) is 37.3 Å². The molecule has 30 heavy (non-hydrogen) atoms. The Hall–Kier alpha value is -2.87. The molecule has 2 unspecified atom stereocenters. The van der Waals surface area contributed by atoms with Gasteiger partial charge in [-0.3, -0.25) is 4.79 Å². The van der Waals surface area contributed by atoms with Crippen LogP contribution in [-0.4, -0.2) is 10.9 Å². The number of carbonyl (C=O) groups is 1. The van der Waals surface area contributed by atoms with E-state index >= 15 is 0 Å². The van der Waals surface area contributed by atoms with Gasteiger partial charge in [-0.2, -0.15) is 0 Å². The lowest BCUT2D eigenvalue weighted by Gasteiger charge is -2.50. The van der Waals surface area contributed by atoms with Crippen LogP contribution < -0.4 is 0 Å². The highest BCUT2D eigenvalue weighted by Crippen LogP contribution is 2.56. The number of phenols is 1. The third-order valence-electron chi connectivity index (χ3n) is 7.34. The first-order valence-corrected chi connectivity index (χ1v) is 11.1. The van der Waals surface area contributed by atoms with E-state index in [1.165, 1.54) is 22.3 Å². The predicted octanol–water partition coefficient (Wildman–Crippen LogP) is 5.87. The second kappa shape index (κ2) is 7.75. The molecular formula is C28H28O2. The third-order valence-corrected chi connectivity index (χ3v) is 7.34. The highest BCUT2D eigenvalue weighted by molar-refractivity contribution is 5.88. The lowest BCUT2D eigenvalue weighted by Crippen LogP contribution is -2.49. The smallest absolute Gasteiger partial charge is 0.140 e.